The maximum atomic E-state index is 12.8. The fourth-order valence-corrected chi connectivity index (χ4v) is 6.32. The number of benzene rings is 1. The standard InChI is InChI=1S/C18H20N2O3S2/c1-12-5-2-3-6-15(12)18(21)20-11-13-9-14(20)10-16(13)19-25(22,23)17-7-4-8-24-17/h2-8,13-14,16,19H,9-11H2,1H3. The fraction of sp³-hybridized carbons (Fsp3) is 0.389. The SMILES string of the molecule is Cc1ccccc1C(=O)N1CC2CC1CC2NS(=O)(=O)c1cccs1. The quantitative estimate of drug-likeness (QED) is 0.892. The van der Waals surface area contributed by atoms with Gasteiger partial charge < -0.3 is 4.90 Å². The molecule has 1 aromatic heterocycles. The van der Waals surface area contributed by atoms with Crippen LogP contribution >= 0.6 is 11.3 Å². The summed E-state index contributed by atoms with van der Waals surface area (Å²) in [5.74, 6) is 0.248. The minimum Gasteiger partial charge on any atom is -0.335 e. The van der Waals surface area contributed by atoms with Crippen molar-refractivity contribution in [1.29, 1.82) is 0 Å². The van der Waals surface area contributed by atoms with Crippen LogP contribution in [0.15, 0.2) is 46.0 Å². The van der Waals surface area contributed by atoms with Gasteiger partial charge in [-0.05, 0) is 48.8 Å². The summed E-state index contributed by atoms with van der Waals surface area (Å²) in [6.45, 7) is 2.56. The molecular formula is C18H20N2O3S2. The van der Waals surface area contributed by atoms with Gasteiger partial charge in [-0.25, -0.2) is 13.1 Å². The minimum atomic E-state index is -3.45. The van der Waals surface area contributed by atoms with Crippen LogP contribution in [-0.2, 0) is 10.0 Å². The second-order valence-electron chi connectivity index (χ2n) is 6.82. The lowest BCUT2D eigenvalue weighted by Gasteiger charge is -2.32. The summed E-state index contributed by atoms with van der Waals surface area (Å²) >= 11 is 1.22. The Labute approximate surface area is 151 Å². The van der Waals surface area contributed by atoms with Crippen molar-refractivity contribution in [3.8, 4) is 0 Å². The van der Waals surface area contributed by atoms with Crippen molar-refractivity contribution in [3.63, 3.8) is 0 Å². The van der Waals surface area contributed by atoms with E-state index in [4.69, 9.17) is 0 Å². The lowest BCUT2D eigenvalue weighted by atomic mass is 10.0. The summed E-state index contributed by atoms with van der Waals surface area (Å²) in [6, 6.07) is 11.0. The summed E-state index contributed by atoms with van der Waals surface area (Å²) in [5, 5.41) is 1.76. The highest BCUT2D eigenvalue weighted by molar-refractivity contribution is 7.91. The molecule has 5 nitrogen and oxygen atoms in total. The fourth-order valence-electron chi connectivity index (χ4n) is 3.99. The third kappa shape index (κ3) is 3.01. The minimum absolute atomic E-state index is 0.0603. The smallest absolute Gasteiger partial charge is 0.254 e. The molecule has 1 amide bonds. The van der Waals surface area contributed by atoms with Crippen molar-refractivity contribution in [1.82, 2.24) is 9.62 Å². The van der Waals surface area contributed by atoms with Gasteiger partial charge in [-0.2, -0.15) is 0 Å². The number of nitrogens with zero attached hydrogens (tertiary/aromatic N) is 1. The highest BCUT2D eigenvalue weighted by atomic mass is 32.2. The van der Waals surface area contributed by atoms with Crippen LogP contribution in [-0.4, -0.2) is 37.9 Å². The second-order valence-corrected chi connectivity index (χ2v) is 9.71. The number of carbonyl (C=O) groups excluding carboxylic acids is 1. The normalized spacial score (nSPS) is 25.5. The van der Waals surface area contributed by atoms with Crippen molar-refractivity contribution >= 4 is 27.3 Å². The highest BCUT2D eigenvalue weighted by Gasteiger charge is 2.47. The van der Waals surface area contributed by atoms with Gasteiger partial charge in [-0.1, -0.05) is 24.3 Å². The molecule has 1 saturated heterocycles. The van der Waals surface area contributed by atoms with Crippen molar-refractivity contribution in [2.24, 2.45) is 5.92 Å². The molecule has 2 aromatic rings. The Morgan fingerprint density at radius 2 is 2.00 bits per heavy atom. The van der Waals surface area contributed by atoms with E-state index in [2.05, 4.69) is 4.72 Å². The molecule has 1 aliphatic carbocycles. The Balaban J connectivity index is 1.46. The van der Waals surface area contributed by atoms with Crippen molar-refractivity contribution in [3.05, 3.63) is 52.9 Å². The molecule has 2 aliphatic rings. The molecule has 1 N–H and O–H groups in total. The van der Waals surface area contributed by atoms with Crippen LogP contribution in [0.1, 0.15) is 28.8 Å². The van der Waals surface area contributed by atoms with E-state index in [1.807, 2.05) is 36.1 Å². The predicted octanol–water partition coefficient (Wildman–Crippen LogP) is 2.64. The van der Waals surface area contributed by atoms with Crippen LogP contribution in [0.4, 0.5) is 0 Å². The largest absolute Gasteiger partial charge is 0.335 e. The molecule has 3 atom stereocenters. The Hall–Kier alpha value is -1.70. The number of thiophene rings is 1. The number of piperidine rings is 1. The van der Waals surface area contributed by atoms with Gasteiger partial charge in [-0.3, -0.25) is 4.79 Å². The maximum absolute atomic E-state index is 12.8. The number of hydrogen-bond acceptors (Lipinski definition) is 4. The third-order valence-corrected chi connectivity index (χ3v) is 8.13. The number of aryl methyl sites for hydroxylation is 1. The summed E-state index contributed by atoms with van der Waals surface area (Å²) in [5.41, 5.74) is 1.72. The summed E-state index contributed by atoms with van der Waals surface area (Å²) in [4.78, 5) is 14.7. The first-order valence-electron chi connectivity index (χ1n) is 8.38. The maximum Gasteiger partial charge on any atom is 0.254 e. The monoisotopic (exact) mass is 376 g/mol. The van der Waals surface area contributed by atoms with Gasteiger partial charge >= 0.3 is 0 Å². The molecule has 3 unspecified atom stereocenters. The Bertz CT molecular complexity index is 893. The summed E-state index contributed by atoms with van der Waals surface area (Å²) in [7, 11) is -3.45. The van der Waals surface area contributed by atoms with E-state index in [1.165, 1.54) is 11.3 Å². The Morgan fingerprint density at radius 3 is 2.64 bits per heavy atom. The second kappa shape index (κ2) is 6.23. The zero-order chi connectivity index (χ0) is 17.6. The van der Waals surface area contributed by atoms with Gasteiger partial charge in [0.05, 0.1) is 0 Å². The van der Waals surface area contributed by atoms with Crippen LogP contribution in [0.5, 0.6) is 0 Å². The number of rotatable bonds is 4. The molecule has 0 radical (unpaired) electrons. The van der Waals surface area contributed by atoms with Gasteiger partial charge in [0.2, 0.25) is 10.0 Å². The van der Waals surface area contributed by atoms with E-state index in [1.54, 1.807) is 17.5 Å². The van der Waals surface area contributed by atoms with Crippen molar-refractivity contribution < 1.29 is 13.2 Å². The summed E-state index contributed by atoms with van der Waals surface area (Å²) < 4.78 is 28.0. The van der Waals surface area contributed by atoms with Gasteiger partial charge in [-0.15, -0.1) is 11.3 Å². The number of likely N-dealkylation sites (tertiary alicyclic amines) is 1. The first-order chi connectivity index (χ1) is 12.0. The molecule has 1 saturated carbocycles. The molecule has 132 valence electrons. The number of fused-ring (bicyclic) bond motifs is 2. The Kier molecular flexibility index (Phi) is 4.17. The van der Waals surface area contributed by atoms with Gasteiger partial charge in [0, 0.05) is 24.2 Å². The average Bonchev–Trinajstić information content (AvgIpc) is 3.31. The topological polar surface area (TPSA) is 66.5 Å². The van der Waals surface area contributed by atoms with Gasteiger partial charge in [0.1, 0.15) is 4.21 Å². The number of amides is 1. The zero-order valence-electron chi connectivity index (χ0n) is 13.9. The molecule has 4 rings (SSSR count). The van der Waals surface area contributed by atoms with Crippen LogP contribution in [0.3, 0.4) is 0 Å². The molecule has 0 spiro atoms. The number of carbonyl (C=O) groups is 1. The summed E-state index contributed by atoms with van der Waals surface area (Å²) in [6.07, 6.45) is 1.56. The van der Waals surface area contributed by atoms with E-state index in [-0.39, 0.29) is 23.9 Å². The van der Waals surface area contributed by atoms with Crippen molar-refractivity contribution in [2.45, 2.75) is 36.1 Å². The molecule has 1 aromatic carbocycles. The lowest BCUT2D eigenvalue weighted by molar-refractivity contribution is 0.0690. The lowest BCUT2D eigenvalue weighted by Crippen LogP contribution is -2.47. The van der Waals surface area contributed by atoms with E-state index in [0.717, 1.165) is 17.5 Å². The van der Waals surface area contributed by atoms with Crippen LogP contribution < -0.4 is 4.72 Å². The predicted molar refractivity (Wildman–Crippen MR) is 97.2 cm³/mol. The molecule has 2 bridgehead atoms. The third-order valence-electron chi connectivity index (χ3n) is 5.24. The average molecular weight is 377 g/mol. The van der Waals surface area contributed by atoms with Crippen molar-refractivity contribution in [2.75, 3.05) is 6.54 Å². The van der Waals surface area contributed by atoms with E-state index < -0.39 is 10.0 Å². The van der Waals surface area contributed by atoms with Gasteiger partial charge in [0.25, 0.3) is 5.91 Å². The molecule has 2 heterocycles. The molecule has 1 aliphatic heterocycles. The molecular weight excluding hydrogens is 356 g/mol. The van der Waals surface area contributed by atoms with Crippen LogP contribution in [0.25, 0.3) is 0 Å². The molecule has 2 fully saturated rings. The van der Waals surface area contributed by atoms with E-state index in [9.17, 15) is 13.2 Å². The van der Waals surface area contributed by atoms with Crippen LogP contribution in [0, 0.1) is 12.8 Å². The molecule has 25 heavy (non-hydrogen) atoms. The first-order valence-corrected chi connectivity index (χ1v) is 10.7. The highest BCUT2D eigenvalue weighted by Crippen LogP contribution is 2.39. The first kappa shape index (κ1) is 16.8. The number of sulfonamides is 1. The van der Waals surface area contributed by atoms with Crippen LogP contribution in [0.2, 0.25) is 0 Å². The molecule has 7 heteroatoms. The zero-order valence-corrected chi connectivity index (χ0v) is 15.5. The van der Waals surface area contributed by atoms with E-state index in [0.29, 0.717) is 17.2 Å². The van der Waals surface area contributed by atoms with Gasteiger partial charge in [0.15, 0.2) is 0 Å². The number of nitrogens with one attached hydrogen (secondary N) is 1. The Morgan fingerprint density at radius 1 is 1.20 bits per heavy atom. The number of hydrogen-bond donors (Lipinski definition) is 1. The van der Waals surface area contributed by atoms with E-state index >= 15 is 0 Å².